The topological polar surface area (TPSA) is 95.5 Å². The molecule has 0 unspecified atom stereocenters. The zero-order chi connectivity index (χ0) is 12.5. The second-order valence-corrected chi connectivity index (χ2v) is 4.17. The molecule has 0 N–H and O–H groups in total. The van der Waals surface area contributed by atoms with Gasteiger partial charge in [-0.15, -0.1) is 0 Å². The highest BCUT2D eigenvalue weighted by Crippen LogP contribution is 2.44. The Morgan fingerprint density at radius 2 is 1.75 bits per heavy atom. The van der Waals surface area contributed by atoms with Gasteiger partial charge in [0, 0.05) is 0 Å². The van der Waals surface area contributed by atoms with Crippen LogP contribution in [0.15, 0.2) is 15.0 Å². The highest BCUT2D eigenvalue weighted by Gasteiger charge is 2.31. The molecule has 0 radical (unpaired) electrons. The lowest BCUT2D eigenvalue weighted by molar-refractivity contribution is -0.423. The average Bonchev–Trinajstić information content (AvgIpc) is 2.20. The van der Waals surface area contributed by atoms with Gasteiger partial charge in [0.1, 0.15) is 10.2 Å². The van der Waals surface area contributed by atoms with E-state index in [1.807, 2.05) is 0 Å². The van der Waals surface area contributed by atoms with Crippen molar-refractivity contribution in [2.45, 2.75) is 0 Å². The summed E-state index contributed by atoms with van der Waals surface area (Å²) in [5.41, 5.74) is -1.24. The second kappa shape index (κ2) is 4.74. The van der Waals surface area contributed by atoms with Crippen molar-refractivity contribution >= 4 is 43.2 Å². The standard InChI is InChI=1S/C7H4Br2N2O5/c1-16-4-2-3(10(12)13)7(11(14)15)6(9)5(4)8/h2H,1H3. The van der Waals surface area contributed by atoms with Crippen LogP contribution in [0.4, 0.5) is 11.4 Å². The van der Waals surface area contributed by atoms with E-state index in [9.17, 15) is 20.2 Å². The molecule has 0 amide bonds. The van der Waals surface area contributed by atoms with Crippen molar-refractivity contribution in [3.63, 3.8) is 0 Å². The van der Waals surface area contributed by atoms with Crippen molar-refractivity contribution in [2.24, 2.45) is 0 Å². The summed E-state index contributed by atoms with van der Waals surface area (Å²) in [6.07, 6.45) is 0. The monoisotopic (exact) mass is 354 g/mol. The molecule has 0 fully saturated rings. The van der Waals surface area contributed by atoms with Gasteiger partial charge in [-0.3, -0.25) is 20.2 Å². The fourth-order valence-electron chi connectivity index (χ4n) is 1.04. The second-order valence-electron chi connectivity index (χ2n) is 2.59. The normalized spacial score (nSPS) is 9.94. The number of hydrogen-bond donors (Lipinski definition) is 0. The van der Waals surface area contributed by atoms with Gasteiger partial charge in [-0.1, -0.05) is 0 Å². The van der Waals surface area contributed by atoms with Crippen LogP contribution in [-0.4, -0.2) is 17.0 Å². The van der Waals surface area contributed by atoms with E-state index < -0.39 is 21.2 Å². The molecule has 0 aliphatic heterocycles. The summed E-state index contributed by atoms with van der Waals surface area (Å²) >= 11 is 5.96. The molecule has 0 aliphatic carbocycles. The van der Waals surface area contributed by atoms with Crippen LogP contribution in [0, 0.1) is 20.2 Å². The van der Waals surface area contributed by atoms with Gasteiger partial charge in [0.15, 0.2) is 0 Å². The largest absolute Gasteiger partial charge is 0.495 e. The van der Waals surface area contributed by atoms with Gasteiger partial charge < -0.3 is 4.74 Å². The number of ether oxygens (including phenoxy) is 1. The van der Waals surface area contributed by atoms with Gasteiger partial charge in [-0.25, -0.2) is 0 Å². The van der Waals surface area contributed by atoms with E-state index >= 15 is 0 Å². The molecule has 0 atom stereocenters. The molecule has 1 rings (SSSR count). The predicted molar refractivity (Wildman–Crippen MR) is 61.7 cm³/mol. The van der Waals surface area contributed by atoms with Crippen LogP contribution in [0.2, 0.25) is 0 Å². The molecule has 0 saturated heterocycles. The minimum atomic E-state index is -0.835. The molecule has 0 spiro atoms. The third-order valence-electron chi connectivity index (χ3n) is 1.73. The maximum atomic E-state index is 10.7. The van der Waals surface area contributed by atoms with Crippen LogP contribution in [-0.2, 0) is 0 Å². The molecule has 1 aromatic carbocycles. The molecule has 0 heterocycles. The number of nitro groups is 2. The van der Waals surface area contributed by atoms with Gasteiger partial charge in [0.25, 0.3) is 0 Å². The summed E-state index contributed by atoms with van der Waals surface area (Å²) in [4.78, 5) is 19.7. The minimum Gasteiger partial charge on any atom is -0.495 e. The summed E-state index contributed by atoms with van der Waals surface area (Å²) in [6, 6.07) is 0.993. The van der Waals surface area contributed by atoms with Crippen molar-refractivity contribution in [3.05, 3.63) is 35.2 Å². The lowest BCUT2D eigenvalue weighted by Gasteiger charge is -2.05. The summed E-state index contributed by atoms with van der Waals surface area (Å²) < 4.78 is 5.08. The fraction of sp³-hybridized carbons (Fsp3) is 0.143. The first-order valence-electron chi connectivity index (χ1n) is 3.75. The van der Waals surface area contributed by atoms with E-state index in [-0.39, 0.29) is 14.7 Å². The Balaban J connectivity index is 3.65. The van der Waals surface area contributed by atoms with Crippen molar-refractivity contribution in [3.8, 4) is 5.75 Å². The van der Waals surface area contributed by atoms with Gasteiger partial charge in [-0.2, -0.15) is 0 Å². The number of nitro benzene ring substituents is 2. The minimum absolute atomic E-state index is 0.0245. The lowest BCUT2D eigenvalue weighted by Crippen LogP contribution is -1.99. The number of methoxy groups -OCH3 is 1. The maximum Gasteiger partial charge on any atom is 0.361 e. The zero-order valence-electron chi connectivity index (χ0n) is 7.77. The highest BCUT2D eigenvalue weighted by molar-refractivity contribution is 9.13. The van der Waals surface area contributed by atoms with E-state index in [0.29, 0.717) is 0 Å². The molecular weight excluding hydrogens is 352 g/mol. The zero-order valence-corrected chi connectivity index (χ0v) is 10.9. The number of nitrogens with zero attached hydrogens (tertiary/aromatic N) is 2. The number of hydrogen-bond acceptors (Lipinski definition) is 5. The van der Waals surface area contributed by atoms with Crippen LogP contribution in [0.3, 0.4) is 0 Å². The smallest absolute Gasteiger partial charge is 0.361 e. The maximum absolute atomic E-state index is 10.7. The van der Waals surface area contributed by atoms with Gasteiger partial charge in [-0.05, 0) is 31.9 Å². The molecule has 0 bridgehead atoms. The van der Waals surface area contributed by atoms with Crippen LogP contribution in [0.25, 0.3) is 0 Å². The van der Waals surface area contributed by atoms with Crippen molar-refractivity contribution in [2.75, 3.05) is 7.11 Å². The predicted octanol–water partition coefficient (Wildman–Crippen LogP) is 3.04. The highest BCUT2D eigenvalue weighted by atomic mass is 79.9. The first kappa shape index (κ1) is 12.8. The Morgan fingerprint density at radius 1 is 1.19 bits per heavy atom. The summed E-state index contributed by atoms with van der Waals surface area (Å²) in [6.45, 7) is 0. The summed E-state index contributed by atoms with van der Waals surface area (Å²) in [7, 11) is 1.31. The molecule has 0 saturated carbocycles. The third-order valence-corrected chi connectivity index (χ3v) is 3.82. The number of rotatable bonds is 3. The Morgan fingerprint density at radius 3 is 2.12 bits per heavy atom. The van der Waals surface area contributed by atoms with Crippen LogP contribution in [0.1, 0.15) is 0 Å². The molecule has 86 valence electrons. The van der Waals surface area contributed by atoms with Crippen LogP contribution in [0.5, 0.6) is 5.75 Å². The van der Waals surface area contributed by atoms with Crippen LogP contribution >= 0.6 is 31.9 Å². The van der Waals surface area contributed by atoms with Crippen molar-refractivity contribution in [1.29, 1.82) is 0 Å². The average molecular weight is 356 g/mol. The molecule has 0 aliphatic rings. The third kappa shape index (κ3) is 2.14. The number of benzene rings is 1. The van der Waals surface area contributed by atoms with E-state index in [2.05, 4.69) is 31.9 Å². The summed E-state index contributed by atoms with van der Waals surface area (Å²) in [5.74, 6) is 0.143. The quantitative estimate of drug-likeness (QED) is 0.613. The first-order chi connectivity index (χ1) is 7.40. The fourth-order valence-corrected chi connectivity index (χ4v) is 2.05. The van der Waals surface area contributed by atoms with E-state index in [1.165, 1.54) is 7.11 Å². The molecular formula is C7H4Br2N2O5. The van der Waals surface area contributed by atoms with Gasteiger partial charge >= 0.3 is 11.4 Å². The van der Waals surface area contributed by atoms with Crippen molar-refractivity contribution < 1.29 is 14.6 Å². The van der Waals surface area contributed by atoms with E-state index in [1.54, 1.807) is 0 Å². The van der Waals surface area contributed by atoms with Crippen molar-refractivity contribution in [1.82, 2.24) is 0 Å². The number of halogens is 2. The Kier molecular flexibility index (Phi) is 3.81. The van der Waals surface area contributed by atoms with Gasteiger partial charge in [0.05, 0.1) is 27.5 Å². The van der Waals surface area contributed by atoms with E-state index in [4.69, 9.17) is 4.74 Å². The molecule has 1 aromatic rings. The molecule has 9 heteroatoms. The Hall–Kier alpha value is -1.22. The SMILES string of the molecule is COc1cc([N+](=O)[O-])c([N+](=O)[O-])c(Br)c1Br. The Labute approximate surface area is 106 Å². The van der Waals surface area contributed by atoms with Crippen LogP contribution < -0.4 is 4.74 Å². The first-order valence-corrected chi connectivity index (χ1v) is 5.33. The molecule has 16 heavy (non-hydrogen) atoms. The Bertz CT molecular complexity index is 476. The molecule has 7 nitrogen and oxygen atoms in total. The van der Waals surface area contributed by atoms with E-state index in [0.717, 1.165) is 6.07 Å². The molecule has 0 aromatic heterocycles. The lowest BCUT2D eigenvalue weighted by atomic mass is 10.2. The summed E-state index contributed by atoms with van der Waals surface area (Å²) in [5, 5.41) is 21.4. The van der Waals surface area contributed by atoms with Gasteiger partial charge in [0.2, 0.25) is 0 Å².